The van der Waals surface area contributed by atoms with Gasteiger partial charge in [0, 0.05) is 38.8 Å². The first-order chi connectivity index (χ1) is 6.99. The van der Waals surface area contributed by atoms with Crippen molar-refractivity contribution in [2.75, 3.05) is 32.7 Å². The van der Waals surface area contributed by atoms with Crippen molar-refractivity contribution in [3.05, 3.63) is 0 Å². The van der Waals surface area contributed by atoms with Gasteiger partial charge in [-0.2, -0.15) is 0 Å². The minimum Gasteiger partial charge on any atom is -0.392 e. The molecule has 0 radical (unpaired) electrons. The third-order valence-corrected chi connectivity index (χ3v) is 2.87. The summed E-state index contributed by atoms with van der Waals surface area (Å²) < 4.78 is 0. The van der Waals surface area contributed by atoms with Crippen molar-refractivity contribution in [3.8, 4) is 0 Å². The van der Waals surface area contributed by atoms with Crippen LogP contribution in [0.5, 0.6) is 0 Å². The molecule has 1 aliphatic heterocycles. The van der Waals surface area contributed by atoms with Crippen LogP contribution < -0.4 is 0 Å². The second-order valence-electron chi connectivity index (χ2n) is 4.80. The van der Waals surface area contributed by atoms with Crippen molar-refractivity contribution >= 4 is 0 Å². The van der Waals surface area contributed by atoms with E-state index in [2.05, 4.69) is 16.7 Å². The maximum absolute atomic E-state index is 9.34. The molecule has 0 bridgehead atoms. The first kappa shape index (κ1) is 12.9. The number of rotatable bonds is 4. The molecule has 0 aromatic rings. The van der Waals surface area contributed by atoms with Crippen LogP contribution in [-0.4, -0.2) is 71.0 Å². The Morgan fingerprint density at radius 3 is 2.20 bits per heavy atom. The van der Waals surface area contributed by atoms with Gasteiger partial charge in [-0.1, -0.05) is 0 Å². The molecule has 0 aliphatic carbocycles. The molecule has 4 heteroatoms. The van der Waals surface area contributed by atoms with E-state index < -0.39 is 0 Å². The molecule has 1 heterocycles. The summed E-state index contributed by atoms with van der Waals surface area (Å²) in [7, 11) is 0. The van der Waals surface area contributed by atoms with Gasteiger partial charge in [0.1, 0.15) is 0 Å². The minimum atomic E-state index is -0.254. The Bertz CT molecular complexity index is 185. The number of aliphatic hydroxyl groups is 2. The third-order valence-electron chi connectivity index (χ3n) is 2.87. The first-order valence-electron chi connectivity index (χ1n) is 5.81. The summed E-state index contributed by atoms with van der Waals surface area (Å²) in [5.41, 5.74) is 0. The number of hydrogen-bond acceptors (Lipinski definition) is 4. The SMILES string of the molecule is C[C@@H](O)CN1CCN(C[C@@H](C)O)[C@@H](C)C1. The Balaban J connectivity index is 2.34. The van der Waals surface area contributed by atoms with Gasteiger partial charge in [-0.05, 0) is 20.8 Å². The van der Waals surface area contributed by atoms with Crippen molar-refractivity contribution in [2.24, 2.45) is 0 Å². The quantitative estimate of drug-likeness (QED) is 0.680. The molecule has 90 valence electrons. The number of hydrogen-bond donors (Lipinski definition) is 2. The highest BCUT2D eigenvalue weighted by atomic mass is 16.3. The van der Waals surface area contributed by atoms with E-state index in [1.54, 1.807) is 0 Å². The number of piperazine rings is 1. The molecule has 0 spiro atoms. The lowest BCUT2D eigenvalue weighted by Gasteiger charge is -2.40. The maximum atomic E-state index is 9.34. The van der Waals surface area contributed by atoms with Gasteiger partial charge in [0.05, 0.1) is 12.2 Å². The first-order valence-corrected chi connectivity index (χ1v) is 5.81. The van der Waals surface area contributed by atoms with E-state index in [9.17, 15) is 10.2 Å². The molecule has 1 rings (SSSR count). The maximum Gasteiger partial charge on any atom is 0.0639 e. The monoisotopic (exact) mass is 216 g/mol. The van der Waals surface area contributed by atoms with E-state index >= 15 is 0 Å². The molecule has 1 saturated heterocycles. The molecule has 0 amide bonds. The summed E-state index contributed by atoms with van der Waals surface area (Å²) in [6.45, 7) is 10.3. The average molecular weight is 216 g/mol. The van der Waals surface area contributed by atoms with Crippen molar-refractivity contribution in [1.82, 2.24) is 9.80 Å². The van der Waals surface area contributed by atoms with Gasteiger partial charge >= 0.3 is 0 Å². The van der Waals surface area contributed by atoms with Crippen LogP contribution in [0, 0.1) is 0 Å². The van der Waals surface area contributed by atoms with Crippen LogP contribution in [0.25, 0.3) is 0 Å². The summed E-state index contributed by atoms with van der Waals surface area (Å²) in [6.07, 6.45) is -0.503. The zero-order chi connectivity index (χ0) is 11.4. The Hall–Kier alpha value is -0.160. The Morgan fingerprint density at radius 1 is 1.13 bits per heavy atom. The van der Waals surface area contributed by atoms with Gasteiger partial charge in [0.2, 0.25) is 0 Å². The predicted molar refractivity (Wildman–Crippen MR) is 60.8 cm³/mol. The zero-order valence-electron chi connectivity index (χ0n) is 10.1. The molecule has 4 nitrogen and oxygen atoms in total. The standard InChI is InChI=1S/C11H24N2O2/c1-9-6-12(7-10(2)14)4-5-13(9)8-11(3)15/h9-11,14-15H,4-8H2,1-3H3/t9-,10+,11+/m0/s1. The summed E-state index contributed by atoms with van der Waals surface area (Å²) >= 11 is 0. The lowest BCUT2D eigenvalue weighted by Crippen LogP contribution is -2.54. The molecular weight excluding hydrogens is 192 g/mol. The van der Waals surface area contributed by atoms with Crippen LogP contribution in [0.4, 0.5) is 0 Å². The minimum absolute atomic E-state index is 0.250. The fourth-order valence-electron chi connectivity index (χ4n) is 2.22. The molecule has 0 saturated carbocycles. The van der Waals surface area contributed by atoms with Crippen molar-refractivity contribution < 1.29 is 10.2 Å². The second kappa shape index (κ2) is 5.80. The molecule has 0 unspecified atom stereocenters. The number of nitrogens with zero attached hydrogens (tertiary/aromatic N) is 2. The van der Waals surface area contributed by atoms with E-state index in [1.165, 1.54) is 0 Å². The lowest BCUT2D eigenvalue weighted by molar-refractivity contribution is 0.0276. The van der Waals surface area contributed by atoms with E-state index in [-0.39, 0.29) is 12.2 Å². The van der Waals surface area contributed by atoms with Gasteiger partial charge in [0.15, 0.2) is 0 Å². The van der Waals surface area contributed by atoms with Crippen LogP contribution in [0.3, 0.4) is 0 Å². The number of aliphatic hydroxyl groups excluding tert-OH is 2. The molecular formula is C11H24N2O2. The summed E-state index contributed by atoms with van der Waals surface area (Å²) in [5, 5.41) is 18.6. The molecule has 1 aliphatic rings. The van der Waals surface area contributed by atoms with Crippen molar-refractivity contribution in [2.45, 2.75) is 39.0 Å². The topological polar surface area (TPSA) is 46.9 Å². The molecule has 1 fully saturated rings. The van der Waals surface area contributed by atoms with E-state index in [1.807, 2.05) is 13.8 Å². The van der Waals surface area contributed by atoms with Crippen molar-refractivity contribution in [1.29, 1.82) is 0 Å². The van der Waals surface area contributed by atoms with Crippen LogP contribution in [0.2, 0.25) is 0 Å². The van der Waals surface area contributed by atoms with Crippen LogP contribution in [-0.2, 0) is 0 Å². The van der Waals surface area contributed by atoms with Crippen LogP contribution in [0.15, 0.2) is 0 Å². The fraction of sp³-hybridized carbons (Fsp3) is 1.00. The van der Waals surface area contributed by atoms with Gasteiger partial charge < -0.3 is 10.2 Å². The highest BCUT2D eigenvalue weighted by Gasteiger charge is 2.24. The van der Waals surface area contributed by atoms with Gasteiger partial charge in [0.25, 0.3) is 0 Å². The van der Waals surface area contributed by atoms with Gasteiger partial charge in [-0.3, -0.25) is 9.80 Å². The van der Waals surface area contributed by atoms with Crippen molar-refractivity contribution in [3.63, 3.8) is 0 Å². The highest BCUT2D eigenvalue weighted by molar-refractivity contribution is 4.80. The fourth-order valence-corrected chi connectivity index (χ4v) is 2.22. The largest absolute Gasteiger partial charge is 0.392 e. The molecule has 15 heavy (non-hydrogen) atoms. The van der Waals surface area contributed by atoms with Gasteiger partial charge in [-0.25, -0.2) is 0 Å². The predicted octanol–water partition coefficient (Wildman–Crippen LogP) is -0.246. The van der Waals surface area contributed by atoms with E-state index in [0.717, 1.165) is 32.7 Å². The summed E-state index contributed by atoms with van der Waals surface area (Å²) in [5.74, 6) is 0. The lowest BCUT2D eigenvalue weighted by atomic mass is 10.1. The Kier molecular flexibility index (Phi) is 4.99. The average Bonchev–Trinajstić information content (AvgIpc) is 2.08. The summed E-state index contributed by atoms with van der Waals surface area (Å²) in [4.78, 5) is 4.59. The van der Waals surface area contributed by atoms with E-state index in [0.29, 0.717) is 6.04 Å². The number of β-amino-alcohol motifs (C(OH)–C–C–N with tert-alkyl or cyclic N) is 2. The van der Waals surface area contributed by atoms with E-state index in [4.69, 9.17) is 0 Å². The second-order valence-corrected chi connectivity index (χ2v) is 4.80. The zero-order valence-corrected chi connectivity index (χ0v) is 10.1. The third kappa shape index (κ3) is 4.47. The molecule has 2 N–H and O–H groups in total. The Labute approximate surface area is 92.5 Å². The van der Waals surface area contributed by atoms with Gasteiger partial charge in [-0.15, -0.1) is 0 Å². The highest BCUT2D eigenvalue weighted by Crippen LogP contribution is 2.10. The normalized spacial score (nSPS) is 29.0. The molecule has 3 atom stereocenters. The molecule has 0 aromatic carbocycles. The Morgan fingerprint density at radius 2 is 1.73 bits per heavy atom. The molecule has 0 aromatic heterocycles. The summed E-state index contributed by atoms with van der Waals surface area (Å²) in [6, 6.07) is 0.465. The smallest absolute Gasteiger partial charge is 0.0639 e. The van der Waals surface area contributed by atoms with Crippen LogP contribution >= 0.6 is 0 Å². The van der Waals surface area contributed by atoms with Crippen LogP contribution in [0.1, 0.15) is 20.8 Å².